The van der Waals surface area contributed by atoms with Crippen molar-refractivity contribution in [1.29, 1.82) is 0 Å². The lowest BCUT2D eigenvalue weighted by molar-refractivity contribution is 0.129. The van der Waals surface area contributed by atoms with Gasteiger partial charge in [0.05, 0.1) is 13.7 Å². The molecule has 2 amide bonds. The number of para-hydroxylation sites is 2. The van der Waals surface area contributed by atoms with Crippen LogP contribution in [0.25, 0.3) is 11.1 Å². The normalized spacial score (nSPS) is 15.0. The van der Waals surface area contributed by atoms with Gasteiger partial charge in [0.25, 0.3) is 0 Å². The number of nitrogens with one attached hydrogen (secondary N) is 1. The van der Waals surface area contributed by atoms with Crippen molar-refractivity contribution in [3.63, 3.8) is 0 Å². The SMILES string of the molecule is COc1cccc(CNC(=O)N2CCN(Cc3nc4ccccc4o3)CC2)c1. The molecule has 146 valence electrons. The minimum atomic E-state index is -0.0377. The summed E-state index contributed by atoms with van der Waals surface area (Å²) in [5.74, 6) is 1.51. The van der Waals surface area contributed by atoms with Crippen molar-refractivity contribution in [2.75, 3.05) is 33.3 Å². The average molecular weight is 380 g/mol. The molecule has 28 heavy (non-hydrogen) atoms. The Bertz CT molecular complexity index is 914. The van der Waals surface area contributed by atoms with E-state index in [9.17, 15) is 4.79 Å². The number of methoxy groups -OCH3 is 1. The number of oxazole rings is 1. The first kappa shape index (κ1) is 18.3. The third-order valence-corrected chi connectivity index (χ3v) is 4.93. The van der Waals surface area contributed by atoms with Crippen molar-refractivity contribution in [1.82, 2.24) is 20.1 Å². The van der Waals surface area contributed by atoms with Gasteiger partial charge in [-0.1, -0.05) is 24.3 Å². The Morgan fingerprint density at radius 3 is 2.75 bits per heavy atom. The Morgan fingerprint density at radius 1 is 1.14 bits per heavy atom. The van der Waals surface area contributed by atoms with E-state index in [1.807, 2.05) is 53.4 Å². The number of urea groups is 1. The molecule has 0 spiro atoms. The molecule has 2 heterocycles. The molecule has 2 aromatic carbocycles. The molecular weight excluding hydrogens is 356 g/mol. The summed E-state index contributed by atoms with van der Waals surface area (Å²) in [6.07, 6.45) is 0. The van der Waals surface area contributed by atoms with Crippen LogP contribution in [0.4, 0.5) is 4.79 Å². The zero-order valence-corrected chi connectivity index (χ0v) is 15.9. The van der Waals surface area contributed by atoms with Gasteiger partial charge in [0.1, 0.15) is 11.3 Å². The number of piperazine rings is 1. The van der Waals surface area contributed by atoms with Crippen LogP contribution >= 0.6 is 0 Å². The summed E-state index contributed by atoms with van der Waals surface area (Å²) in [6, 6.07) is 15.5. The third-order valence-electron chi connectivity index (χ3n) is 4.93. The summed E-state index contributed by atoms with van der Waals surface area (Å²) >= 11 is 0. The third kappa shape index (κ3) is 4.26. The van der Waals surface area contributed by atoms with Crippen LogP contribution in [-0.2, 0) is 13.1 Å². The Kier molecular flexibility index (Phi) is 5.43. The summed E-state index contributed by atoms with van der Waals surface area (Å²) in [6.45, 7) is 4.11. The van der Waals surface area contributed by atoms with Crippen LogP contribution in [0.3, 0.4) is 0 Å². The van der Waals surface area contributed by atoms with Crippen molar-refractivity contribution in [2.24, 2.45) is 0 Å². The van der Waals surface area contributed by atoms with Crippen LogP contribution < -0.4 is 10.1 Å². The van der Waals surface area contributed by atoms with Gasteiger partial charge in [-0.2, -0.15) is 0 Å². The molecular formula is C21H24N4O3. The molecule has 3 aromatic rings. The van der Waals surface area contributed by atoms with E-state index in [0.717, 1.165) is 41.4 Å². The predicted molar refractivity (Wildman–Crippen MR) is 106 cm³/mol. The molecule has 1 aliphatic heterocycles. The van der Waals surface area contributed by atoms with Gasteiger partial charge in [0.15, 0.2) is 5.58 Å². The Labute approximate surface area is 163 Å². The van der Waals surface area contributed by atoms with E-state index < -0.39 is 0 Å². The van der Waals surface area contributed by atoms with E-state index in [1.54, 1.807) is 7.11 Å². The van der Waals surface area contributed by atoms with E-state index in [0.29, 0.717) is 26.2 Å². The molecule has 1 aromatic heterocycles. The first-order valence-corrected chi connectivity index (χ1v) is 9.44. The number of nitrogens with zero attached hydrogens (tertiary/aromatic N) is 3. The van der Waals surface area contributed by atoms with Crippen LogP contribution in [0.1, 0.15) is 11.5 Å². The van der Waals surface area contributed by atoms with Crippen molar-refractivity contribution in [3.05, 3.63) is 60.0 Å². The number of fused-ring (bicyclic) bond motifs is 1. The molecule has 1 fully saturated rings. The number of aromatic nitrogens is 1. The van der Waals surface area contributed by atoms with Crippen molar-refractivity contribution in [2.45, 2.75) is 13.1 Å². The van der Waals surface area contributed by atoms with Crippen LogP contribution in [0.5, 0.6) is 5.75 Å². The number of hydrogen-bond donors (Lipinski definition) is 1. The second-order valence-electron chi connectivity index (χ2n) is 6.85. The molecule has 7 nitrogen and oxygen atoms in total. The van der Waals surface area contributed by atoms with Gasteiger partial charge in [0, 0.05) is 32.7 Å². The van der Waals surface area contributed by atoms with Gasteiger partial charge in [-0.25, -0.2) is 9.78 Å². The number of ether oxygens (including phenoxy) is 1. The molecule has 0 radical (unpaired) electrons. The number of carbonyl (C=O) groups is 1. The lowest BCUT2D eigenvalue weighted by Crippen LogP contribution is -2.51. The standard InChI is InChI=1S/C21H24N4O3/c1-27-17-6-4-5-16(13-17)14-22-21(26)25-11-9-24(10-12-25)15-20-23-18-7-2-3-8-19(18)28-20/h2-8,13H,9-12,14-15H2,1H3,(H,22,26). The highest BCUT2D eigenvalue weighted by Crippen LogP contribution is 2.17. The fourth-order valence-corrected chi connectivity index (χ4v) is 3.36. The van der Waals surface area contributed by atoms with Gasteiger partial charge in [-0.05, 0) is 29.8 Å². The summed E-state index contributed by atoms with van der Waals surface area (Å²) < 4.78 is 11.0. The average Bonchev–Trinajstić information content (AvgIpc) is 3.15. The van der Waals surface area contributed by atoms with Gasteiger partial charge in [-0.15, -0.1) is 0 Å². The largest absolute Gasteiger partial charge is 0.497 e. The number of hydrogen-bond acceptors (Lipinski definition) is 5. The Hall–Kier alpha value is -3.06. The maximum atomic E-state index is 12.4. The number of benzene rings is 2. The highest BCUT2D eigenvalue weighted by atomic mass is 16.5. The van der Waals surface area contributed by atoms with E-state index in [1.165, 1.54) is 0 Å². The quantitative estimate of drug-likeness (QED) is 0.737. The summed E-state index contributed by atoms with van der Waals surface area (Å²) in [5.41, 5.74) is 2.71. The van der Waals surface area contributed by atoms with E-state index in [2.05, 4.69) is 15.2 Å². The predicted octanol–water partition coefficient (Wildman–Crippen LogP) is 2.86. The number of carbonyl (C=O) groups excluding carboxylic acids is 1. The zero-order valence-electron chi connectivity index (χ0n) is 15.9. The van der Waals surface area contributed by atoms with E-state index >= 15 is 0 Å². The molecule has 4 rings (SSSR count). The summed E-state index contributed by atoms with van der Waals surface area (Å²) in [7, 11) is 1.64. The zero-order chi connectivity index (χ0) is 19.3. The van der Waals surface area contributed by atoms with Gasteiger partial charge in [0.2, 0.25) is 5.89 Å². The first-order chi connectivity index (χ1) is 13.7. The molecule has 7 heteroatoms. The first-order valence-electron chi connectivity index (χ1n) is 9.44. The molecule has 0 bridgehead atoms. The highest BCUT2D eigenvalue weighted by molar-refractivity contribution is 5.74. The lowest BCUT2D eigenvalue weighted by atomic mass is 10.2. The number of rotatable bonds is 5. The molecule has 1 saturated heterocycles. The lowest BCUT2D eigenvalue weighted by Gasteiger charge is -2.34. The van der Waals surface area contributed by atoms with Gasteiger partial charge < -0.3 is 19.4 Å². The topological polar surface area (TPSA) is 70.8 Å². The maximum absolute atomic E-state index is 12.4. The Morgan fingerprint density at radius 2 is 1.96 bits per heavy atom. The maximum Gasteiger partial charge on any atom is 0.317 e. The molecule has 0 aliphatic carbocycles. The summed E-state index contributed by atoms with van der Waals surface area (Å²) in [5, 5.41) is 2.98. The summed E-state index contributed by atoms with van der Waals surface area (Å²) in [4.78, 5) is 21.1. The molecule has 0 saturated carbocycles. The van der Waals surface area contributed by atoms with Gasteiger partial charge >= 0.3 is 6.03 Å². The van der Waals surface area contributed by atoms with Crippen LogP contribution in [0.2, 0.25) is 0 Å². The second-order valence-corrected chi connectivity index (χ2v) is 6.85. The van der Waals surface area contributed by atoms with Gasteiger partial charge in [-0.3, -0.25) is 4.90 Å². The van der Waals surface area contributed by atoms with Crippen molar-refractivity contribution >= 4 is 17.1 Å². The Balaban J connectivity index is 1.25. The minimum Gasteiger partial charge on any atom is -0.497 e. The number of amides is 2. The minimum absolute atomic E-state index is 0.0377. The van der Waals surface area contributed by atoms with Crippen LogP contribution in [0.15, 0.2) is 52.9 Å². The monoisotopic (exact) mass is 380 g/mol. The van der Waals surface area contributed by atoms with E-state index in [-0.39, 0.29) is 6.03 Å². The van der Waals surface area contributed by atoms with E-state index in [4.69, 9.17) is 9.15 Å². The van der Waals surface area contributed by atoms with Crippen LogP contribution in [0, 0.1) is 0 Å². The molecule has 1 N–H and O–H groups in total. The highest BCUT2D eigenvalue weighted by Gasteiger charge is 2.22. The van der Waals surface area contributed by atoms with Crippen molar-refractivity contribution in [3.8, 4) is 5.75 Å². The van der Waals surface area contributed by atoms with Crippen molar-refractivity contribution < 1.29 is 13.9 Å². The van der Waals surface area contributed by atoms with Crippen LogP contribution in [-0.4, -0.2) is 54.1 Å². The second kappa shape index (κ2) is 8.31. The molecule has 0 atom stereocenters. The molecule has 1 aliphatic rings. The fraction of sp³-hybridized carbons (Fsp3) is 0.333. The smallest absolute Gasteiger partial charge is 0.317 e. The fourth-order valence-electron chi connectivity index (χ4n) is 3.36. The molecule has 0 unspecified atom stereocenters.